The molecule has 0 saturated carbocycles. The molecule has 2 aromatic rings. The molecule has 0 heterocycles. The van der Waals surface area contributed by atoms with Gasteiger partial charge < -0.3 is 10.2 Å². The van der Waals surface area contributed by atoms with Crippen LogP contribution >= 0.6 is 15.9 Å². The molecule has 0 aromatic heterocycles. The molecule has 0 fully saturated rings. The van der Waals surface area contributed by atoms with Crippen molar-refractivity contribution in [3.8, 4) is 0 Å². The molecule has 0 amide bonds. The van der Waals surface area contributed by atoms with Crippen LogP contribution in [0.4, 0.5) is 5.69 Å². The van der Waals surface area contributed by atoms with Crippen molar-refractivity contribution in [2.45, 2.75) is 13.1 Å². The fraction of sp³-hybridized carbons (Fsp3) is 0.250. The number of nitrogens with one attached hydrogen (secondary N) is 1. The fourth-order valence-electron chi connectivity index (χ4n) is 1.93. The first-order chi connectivity index (χ1) is 9.15. The van der Waals surface area contributed by atoms with Gasteiger partial charge in [0, 0.05) is 23.2 Å². The molecule has 0 aliphatic carbocycles. The molecular weight excluding hydrogens is 300 g/mol. The second-order valence-corrected chi connectivity index (χ2v) is 5.73. The molecule has 2 rings (SSSR count). The first-order valence-corrected chi connectivity index (χ1v) is 7.15. The van der Waals surface area contributed by atoms with E-state index < -0.39 is 0 Å². The van der Waals surface area contributed by atoms with E-state index in [0.717, 1.165) is 23.2 Å². The third-order valence-corrected chi connectivity index (χ3v) is 3.67. The summed E-state index contributed by atoms with van der Waals surface area (Å²) in [6.07, 6.45) is 0. The van der Waals surface area contributed by atoms with Crippen molar-refractivity contribution in [3.63, 3.8) is 0 Å². The van der Waals surface area contributed by atoms with Gasteiger partial charge in [-0.2, -0.15) is 0 Å². The molecule has 1 N–H and O–H groups in total. The van der Waals surface area contributed by atoms with E-state index in [-0.39, 0.29) is 0 Å². The number of rotatable bonds is 5. The van der Waals surface area contributed by atoms with Gasteiger partial charge in [-0.3, -0.25) is 0 Å². The van der Waals surface area contributed by atoms with E-state index in [1.807, 2.05) is 6.07 Å². The summed E-state index contributed by atoms with van der Waals surface area (Å²) in [5.41, 5.74) is 3.74. The summed E-state index contributed by atoms with van der Waals surface area (Å²) in [5.74, 6) is 0. The van der Waals surface area contributed by atoms with Crippen molar-refractivity contribution in [1.82, 2.24) is 4.90 Å². The number of nitrogens with zero attached hydrogens (tertiary/aromatic N) is 1. The van der Waals surface area contributed by atoms with Crippen LogP contribution in [-0.4, -0.2) is 19.0 Å². The second kappa shape index (κ2) is 6.73. The van der Waals surface area contributed by atoms with Crippen LogP contribution in [0.3, 0.4) is 0 Å². The number of halogens is 1. The minimum Gasteiger partial charge on any atom is -0.381 e. The van der Waals surface area contributed by atoms with Crippen molar-refractivity contribution >= 4 is 21.6 Å². The van der Waals surface area contributed by atoms with Crippen LogP contribution in [0.1, 0.15) is 11.1 Å². The zero-order chi connectivity index (χ0) is 13.7. The Morgan fingerprint density at radius 2 is 1.68 bits per heavy atom. The molecule has 0 saturated heterocycles. The molecule has 0 bridgehead atoms. The van der Waals surface area contributed by atoms with E-state index in [1.165, 1.54) is 11.1 Å². The lowest BCUT2D eigenvalue weighted by atomic mass is 10.2. The van der Waals surface area contributed by atoms with Gasteiger partial charge in [-0.15, -0.1) is 0 Å². The van der Waals surface area contributed by atoms with Gasteiger partial charge in [-0.1, -0.05) is 46.3 Å². The van der Waals surface area contributed by atoms with E-state index in [9.17, 15) is 0 Å². The maximum absolute atomic E-state index is 3.56. The summed E-state index contributed by atoms with van der Waals surface area (Å²) in [5, 5.41) is 3.44. The molecule has 19 heavy (non-hydrogen) atoms. The smallest absolute Gasteiger partial charge is 0.0411 e. The number of benzene rings is 2. The van der Waals surface area contributed by atoms with Gasteiger partial charge in [0.05, 0.1) is 0 Å². The minimum atomic E-state index is 0.828. The zero-order valence-corrected chi connectivity index (χ0v) is 12.9. The number of anilines is 1. The maximum Gasteiger partial charge on any atom is 0.0411 e. The topological polar surface area (TPSA) is 15.3 Å². The lowest BCUT2D eigenvalue weighted by Gasteiger charge is -2.11. The van der Waals surface area contributed by atoms with Crippen molar-refractivity contribution < 1.29 is 0 Å². The Hall–Kier alpha value is -1.32. The predicted molar refractivity (Wildman–Crippen MR) is 85.3 cm³/mol. The van der Waals surface area contributed by atoms with Crippen molar-refractivity contribution in [3.05, 3.63) is 64.1 Å². The van der Waals surface area contributed by atoms with E-state index in [1.54, 1.807) is 0 Å². The Labute approximate surface area is 123 Å². The monoisotopic (exact) mass is 318 g/mol. The largest absolute Gasteiger partial charge is 0.381 e. The molecule has 0 aliphatic heterocycles. The average molecular weight is 319 g/mol. The van der Waals surface area contributed by atoms with Gasteiger partial charge >= 0.3 is 0 Å². The lowest BCUT2D eigenvalue weighted by molar-refractivity contribution is 0.402. The summed E-state index contributed by atoms with van der Waals surface area (Å²) in [6.45, 7) is 1.80. The Kier molecular flexibility index (Phi) is 5.00. The van der Waals surface area contributed by atoms with Crippen LogP contribution in [0.2, 0.25) is 0 Å². The van der Waals surface area contributed by atoms with Crippen LogP contribution in [0, 0.1) is 0 Å². The molecule has 2 aromatic carbocycles. The van der Waals surface area contributed by atoms with Gasteiger partial charge in [0.2, 0.25) is 0 Å². The Bertz CT molecular complexity index is 521. The first-order valence-electron chi connectivity index (χ1n) is 6.36. The summed E-state index contributed by atoms with van der Waals surface area (Å²) in [6, 6.07) is 16.9. The van der Waals surface area contributed by atoms with Gasteiger partial charge in [-0.25, -0.2) is 0 Å². The van der Waals surface area contributed by atoms with E-state index in [2.05, 4.69) is 82.7 Å². The fourth-order valence-corrected chi connectivity index (χ4v) is 2.36. The number of hydrogen-bond acceptors (Lipinski definition) is 2. The quantitative estimate of drug-likeness (QED) is 0.892. The summed E-state index contributed by atoms with van der Waals surface area (Å²) >= 11 is 3.56. The Morgan fingerprint density at radius 1 is 1.00 bits per heavy atom. The highest BCUT2D eigenvalue weighted by atomic mass is 79.9. The van der Waals surface area contributed by atoms with Crippen molar-refractivity contribution in [1.29, 1.82) is 0 Å². The minimum absolute atomic E-state index is 0.828. The van der Waals surface area contributed by atoms with E-state index in [0.29, 0.717) is 0 Å². The molecule has 100 valence electrons. The molecule has 0 aliphatic rings. The molecular formula is C16H19BrN2. The van der Waals surface area contributed by atoms with E-state index >= 15 is 0 Å². The highest BCUT2D eigenvalue weighted by molar-refractivity contribution is 9.10. The van der Waals surface area contributed by atoms with Crippen LogP contribution < -0.4 is 5.32 Å². The Morgan fingerprint density at radius 3 is 2.32 bits per heavy atom. The standard InChI is InChI=1S/C16H19BrN2/c1-19(2)12-13-7-9-15(10-8-13)18-11-14-5-3-4-6-16(14)17/h3-10,18H,11-12H2,1-2H3. The maximum atomic E-state index is 3.56. The molecule has 3 heteroatoms. The second-order valence-electron chi connectivity index (χ2n) is 4.88. The first kappa shape index (κ1) is 14.1. The molecule has 0 atom stereocenters. The van der Waals surface area contributed by atoms with Crippen molar-refractivity contribution in [2.24, 2.45) is 0 Å². The molecule has 0 spiro atoms. The predicted octanol–water partition coefficient (Wildman–Crippen LogP) is 4.12. The zero-order valence-electron chi connectivity index (χ0n) is 11.4. The number of hydrogen-bond donors (Lipinski definition) is 1. The molecule has 0 radical (unpaired) electrons. The SMILES string of the molecule is CN(C)Cc1ccc(NCc2ccccc2Br)cc1. The average Bonchev–Trinajstić information content (AvgIpc) is 2.39. The summed E-state index contributed by atoms with van der Waals surface area (Å²) in [7, 11) is 4.16. The Balaban J connectivity index is 1.95. The van der Waals surface area contributed by atoms with Gasteiger partial charge in [0.25, 0.3) is 0 Å². The summed E-state index contributed by atoms with van der Waals surface area (Å²) < 4.78 is 1.15. The van der Waals surface area contributed by atoms with Crippen LogP contribution in [0.15, 0.2) is 53.0 Å². The van der Waals surface area contributed by atoms with Gasteiger partial charge in [0.1, 0.15) is 0 Å². The van der Waals surface area contributed by atoms with Crippen molar-refractivity contribution in [2.75, 3.05) is 19.4 Å². The molecule has 0 unspecified atom stereocenters. The van der Waals surface area contributed by atoms with E-state index in [4.69, 9.17) is 0 Å². The highest BCUT2D eigenvalue weighted by Crippen LogP contribution is 2.18. The third kappa shape index (κ3) is 4.37. The van der Waals surface area contributed by atoms with Gasteiger partial charge in [-0.05, 0) is 43.4 Å². The van der Waals surface area contributed by atoms with Crippen LogP contribution in [0.5, 0.6) is 0 Å². The lowest BCUT2D eigenvalue weighted by Crippen LogP contribution is -2.10. The summed E-state index contributed by atoms with van der Waals surface area (Å²) in [4.78, 5) is 2.17. The highest BCUT2D eigenvalue weighted by Gasteiger charge is 1.99. The van der Waals surface area contributed by atoms with Crippen LogP contribution in [0.25, 0.3) is 0 Å². The third-order valence-electron chi connectivity index (χ3n) is 2.89. The van der Waals surface area contributed by atoms with Crippen LogP contribution in [-0.2, 0) is 13.1 Å². The molecule has 2 nitrogen and oxygen atoms in total. The normalized spacial score (nSPS) is 10.7. The van der Waals surface area contributed by atoms with Gasteiger partial charge in [0.15, 0.2) is 0 Å².